The highest BCUT2D eigenvalue weighted by Gasteiger charge is 2.19. The smallest absolute Gasteiger partial charge is 0.164 e. The third-order valence-electron chi connectivity index (χ3n) is 10.4. The van der Waals surface area contributed by atoms with Crippen LogP contribution in [0.2, 0.25) is 0 Å². The van der Waals surface area contributed by atoms with Gasteiger partial charge in [-0.3, -0.25) is 0 Å². The minimum Gasteiger partial charge on any atom is -0.456 e. The van der Waals surface area contributed by atoms with Crippen LogP contribution in [0.25, 0.3) is 106 Å². The van der Waals surface area contributed by atoms with E-state index >= 15 is 0 Å². The third-order valence-corrected chi connectivity index (χ3v) is 10.4. The van der Waals surface area contributed by atoms with Crippen molar-refractivity contribution in [1.82, 2.24) is 15.0 Å². The fraction of sp³-hybridized carbons (Fsp3) is 0.0426. The van der Waals surface area contributed by atoms with E-state index in [1.54, 1.807) is 0 Å². The molecule has 0 saturated heterocycles. The summed E-state index contributed by atoms with van der Waals surface area (Å²) in [6, 6.07) is 48.2. The van der Waals surface area contributed by atoms with Gasteiger partial charge in [0.1, 0.15) is 22.3 Å². The molecule has 0 saturated carbocycles. The lowest BCUT2D eigenvalue weighted by molar-refractivity contribution is 0.669. The van der Waals surface area contributed by atoms with E-state index in [4.69, 9.17) is 23.8 Å². The maximum atomic E-state index is 6.44. The topological polar surface area (TPSA) is 65.0 Å². The van der Waals surface area contributed by atoms with E-state index in [1.165, 1.54) is 21.9 Å². The molecule has 0 bridgehead atoms. The predicted octanol–water partition coefficient (Wildman–Crippen LogP) is 12.5. The van der Waals surface area contributed by atoms with Crippen molar-refractivity contribution in [1.29, 1.82) is 0 Å². The minimum atomic E-state index is 0.597. The van der Waals surface area contributed by atoms with Crippen molar-refractivity contribution in [2.75, 3.05) is 0 Å². The van der Waals surface area contributed by atoms with Crippen LogP contribution in [0.3, 0.4) is 0 Å². The number of aromatic nitrogens is 3. The number of allylic oxidation sites excluding steroid dienone is 1. The molecule has 0 atom stereocenters. The first-order valence-corrected chi connectivity index (χ1v) is 17.6. The van der Waals surface area contributed by atoms with Gasteiger partial charge in [-0.05, 0) is 88.3 Å². The molecule has 0 spiro atoms. The van der Waals surface area contributed by atoms with E-state index in [2.05, 4.69) is 91.0 Å². The number of hydrogen-bond acceptors (Lipinski definition) is 5. The average Bonchev–Trinajstić information content (AvgIpc) is 3.78. The number of fused-ring (bicyclic) bond motifs is 9. The number of benzene rings is 7. The van der Waals surface area contributed by atoms with Gasteiger partial charge in [0.2, 0.25) is 0 Å². The lowest BCUT2D eigenvalue weighted by Gasteiger charge is -2.14. The van der Waals surface area contributed by atoms with Gasteiger partial charge in [0, 0.05) is 38.2 Å². The summed E-state index contributed by atoms with van der Waals surface area (Å²) in [4.78, 5) is 15.3. The molecule has 0 N–H and O–H groups in total. The van der Waals surface area contributed by atoms with Gasteiger partial charge in [0.15, 0.2) is 17.5 Å². The largest absolute Gasteiger partial charge is 0.456 e. The van der Waals surface area contributed by atoms with Crippen molar-refractivity contribution < 1.29 is 8.83 Å². The molecular weight excluding hydrogens is 639 g/mol. The van der Waals surface area contributed by atoms with Crippen molar-refractivity contribution in [2.45, 2.75) is 12.8 Å². The molecule has 0 unspecified atom stereocenters. The molecule has 7 aromatic carbocycles. The van der Waals surface area contributed by atoms with Crippen molar-refractivity contribution in [2.24, 2.45) is 0 Å². The van der Waals surface area contributed by atoms with E-state index in [1.807, 2.05) is 60.7 Å². The van der Waals surface area contributed by atoms with E-state index in [0.29, 0.717) is 17.5 Å². The minimum absolute atomic E-state index is 0.597. The van der Waals surface area contributed by atoms with Gasteiger partial charge >= 0.3 is 0 Å². The van der Waals surface area contributed by atoms with Gasteiger partial charge in [-0.25, -0.2) is 15.0 Å². The van der Waals surface area contributed by atoms with E-state index in [0.717, 1.165) is 84.5 Å². The highest BCUT2D eigenvalue weighted by molar-refractivity contribution is 6.13. The number of nitrogens with zero attached hydrogens (tertiary/aromatic N) is 3. The number of hydrogen-bond donors (Lipinski definition) is 0. The quantitative estimate of drug-likeness (QED) is 0.187. The lowest BCUT2D eigenvalue weighted by Crippen LogP contribution is -2.01. The third kappa shape index (κ3) is 4.60. The van der Waals surface area contributed by atoms with Crippen LogP contribution in [0.5, 0.6) is 0 Å². The van der Waals surface area contributed by atoms with Crippen molar-refractivity contribution in [3.8, 4) is 45.3 Å². The highest BCUT2D eigenvalue weighted by Crippen LogP contribution is 2.40. The number of furan rings is 2. The van der Waals surface area contributed by atoms with Crippen LogP contribution in [-0.2, 0) is 6.42 Å². The van der Waals surface area contributed by atoms with Gasteiger partial charge in [-0.2, -0.15) is 0 Å². The molecule has 244 valence electrons. The molecular formula is C47H29N3O2. The second-order valence-electron chi connectivity index (χ2n) is 13.5. The van der Waals surface area contributed by atoms with Crippen LogP contribution in [0.15, 0.2) is 154 Å². The number of aryl methyl sites for hydroxylation is 1. The summed E-state index contributed by atoms with van der Waals surface area (Å²) >= 11 is 0. The molecule has 52 heavy (non-hydrogen) atoms. The summed E-state index contributed by atoms with van der Waals surface area (Å²) in [5.74, 6) is 1.85. The van der Waals surface area contributed by atoms with Crippen LogP contribution >= 0.6 is 0 Å². The number of para-hydroxylation sites is 1. The first-order chi connectivity index (χ1) is 25.7. The first-order valence-electron chi connectivity index (χ1n) is 17.6. The average molecular weight is 668 g/mol. The second kappa shape index (κ2) is 11.3. The zero-order chi connectivity index (χ0) is 34.2. The van der Waals surface area contributed by atoms with Gasteiger partial charge in [-0.1, -0.05) is 109 Å². The highest BCUT2D eigenvalue weighted by atomic mass is 16.3. The Bertz CT molecular complexity index is 3080. The van der Waals surface area contributed by atoms with Crippen LogP contribution in [0.4, 0.5) is 0 Å². The first kappa shape index (κ1) is 28.9. The summed E-state index contributed by atoms with van der Waals surface area (Å²) in [6.45, 7) is 0. The lowest BCUT2D eigenvalue weighted by atomic mass is 9.91. The van der Waals surface area contributed by atoms with Crippen LogP contribution in [0, 0.1) is 0 Å². The fourth-order valence-electron chi connectivity index (χ4n) is 7.83. The Hall–Kier alpha value is -6.85. The second-order valence-corrected chi connectivity index (χ2v) is 13.5. The van der Waals surface area contributed by atoms with Crippen LogP contribution in [0.1, 0.15) is 17.5 Å². The SMILES string of the molecule is C1=Cc2c(ccc3cc(-c4nc(-c5ccccc5)nc(-c5cccc6oc7ccc(-c8ccc9c(c8)oc8ccccc89)cc7c56)n4)ccc23)CC1. The Morgan fingerprint density at radius 3 is 2.10 bits per heavy atom. The molecule has 0 fully saturated rings. The summed E-state index contributed by atoms with van der Waals surface area (Å²) in [7, 11) is 0. The van der Waals surface area contributed by atoms with Crippen molar-refractivity contribution >= 4 is 60.7 Å². The van der Waals surface area contributed by atoms with Crippen molar-refractivity contribution in [3.63, 3.8) is 0 Å². The van der Waals surface area contributed by atoms with Gasteiger partial charge in [0.25, 0.3) is 0 Å². The summed E-state index contributed by atoms with van der Waals surface area (Å²) in [6.07, 6.45) is 6.69. The monoisotopic (exact) mass is 667 g/mol. The molecule has 10 aromatic rings. The Balaban J connectivity index is 1.09. The Morgan fingerprint density at radius 2 is 1.15 bits per heavy atom. The summed E-state index contributed by atoms with van der Waals surface area (Å²) in [5.41, 5.74) is 11.0. The molecule has 0 aliphatic heterocycles. The zero-order valence-electron chi connectivity index (χ0n) is 28.0. The van der Waals surface area contributed by atoms with Crippen molar-refractivity contribution in [3.05, 3.63) is 157 Å². The Kier molecular flexibility index (Phi) is 6.31. The van der Waals surface area contributed by atoms with E-state index in [9.17, 15) is 0 Å². The van der Waals surface area contributed by atoms with Crippen LogP contribution in [-0.4, -0.2) is 15.0 Å². The molecule has 1 aliphatic rings. The zero-order valence-corrected chi connectivity index (χ0v) is 28.0. The van der Waals surface area contributed by atoms with Gasteiger partial charge in [-0.15, -0.1) is 0 Å². The summed E-state index contributed by atoms with van der Waals surface area (Å²) < 4.78 is 12.7. The maximum Gasteiger partial charge on any atom is 0.164 e. The molecule has 5 nitrogen and oxygen atoms in total. The fourth-order valence-corrected chi connectivity index (χ4v) is 7.83. The maximum absolute atomic E-state index is 6.44. The molecule has 3 heterocycles. The molecule has 11 rings (SSSR count). The predicted molar refractivity (Wildman–Crippen MR) is 211 cm³/mol. The Labute approximate surface area is 298 Å². The molecule has 5 heteroatoms. The molecule has 1 aliphatic carbocycles. The molecule has 0 radical (unpaired) electrons. The standard InChI is InChI=1S/C47H29N3O2/c1-2-10-29(11-3-1)45-48-46(33-20-22-35-32(25-33)18-17-28-9-4-5-12-34(28)35)50-47(49-45)38-14-8-16-42-44(38)39-26-30(21-24-41(39)51-42)31-19-23-37-36-13-6-7-15-40(36)52-43(37)27-31/h1-3,5-8,10-27H,4,9H2. The van der Waals surface area contributed by atoms with Gasteiger partial charge in [0.05, 0.1) is 0 Å². The van der Waals surface area contributed by atoms with Crippen LogP contribution < -0.4 is 0 Å². The molecule has 0 amide bonds. The molecule has 3 aromatic heterocycles. The van der Waals surface area contributed by atoms with E-state index < -0.39 is 0 Å². The van der Waals surface area contributed by atoms with Gasteiger partial charge < -0.3 is 8.83 Å². The normalized spacial score (nSPS) is 12.8. The number of rotatable bonds is 4. The summed E-state index contributed by atoms with van der Waals surface area (Å²) in [5, 5.41) is 6.62. The van der Waals surface area contributed by atoms with E-state index in [-0.39, 0.29) is 0 Å². The Morgan fingerprint density at radius 1 is 0.442 bits per heavy atom.